The van der Waals surface area contributed by atoms with Crippen LogP contribution in [0.15, 0.2) is 39.7 Å². The average molecular weight is 277 g/mol. The average Bonchev–Trinajstić information content (AvgIpc) is 2.96. The summed E-state index contributed by atoms with van der Waals surface area (Å²) in [6, 6.07) is 6.90. The Kier molecular flexibility index (Phi) is 3.70. The maximum atomic E-state index is 11.9. The van der Waals surface area contributed by atoms with Gasteiger partial charge in [-0.25, -0.2) is 4.68 Å². The monoisotopic (exact) mass is 277 g/mol. The summed E-state index contributed by atoms with van der Waals surface area (Å²) in [5, 5.41) is 4.37. The van der Waals surface area contributed by atoms with Crippen molar-refractivity contribution in [3.8, 4) is 11.5 Å². The Morgan fingerprint density at radius 1 is 1.26 bits per heavy atom. The van der Waals surface area contributed by atoms with Gasteiger partial charge in [0.25, 0.3) is 5.56 Å². The maximum absolute atomic E-state index is 11.9. The Labute approximate surface area is 115 Å². The van der Waals surface area contributed by atoms with Crippen LogP contribution in [0, 0.1) is 0 Å². The van der Waals surface area contributed by atoms with E-state index in [0.717, 1.165) is 24.6 Å². The van der Waals surface area contributed by atoms with Gasteiger partial charge in [-0.05, 0) is 18.2 Å². The van der Waals surface area contributed by atoms with E-state index < -0.39 is 0 Å². The third-order valence-corrected chi connectivity index (χ3v) is 4.02. The van der Waals surface area contributed by atoms with Gasteiger partial charge in [0.05, 0.1) is 12.9 Å². The van der Waals surface area contributed by atoms with Crippen LogP contribution >= 0.6 is 11.8 Å². The van der Waals surface area contributed by atoms with E-state index in [1.165, 1.54) is 4.68 Å². The molecule has 1 aliphatic heterocycles. The van der Waals surface area contributed by atoms with E-state index in [-0.39, 0.29) is 5.56 Å². The Balaban J connectivity index is 1.84. The minimum atomic E-state index is -0.0754. The molecule has 3 heterocycles. The van der Waals surface area contributed by atoms with E-state index in [0.29, 0.717) is 18.1 Å². The summed E-state index contributed by atoms with van der Waals surface area (Å²) in [5.74, 6) is 2.92. The molecule has 5 nitrogen and oxygen atoms in total. The fourth-order valence-corrected chi connectivity index (χ4v) is 3.02. The van der Waals surface area contributed by atoms with E-state index >= 15 is 0 Å². The van der Waals surface area contributed by atoms with Crippen LogP contribution in [-0.2, 0) is 6.67 Å². The zero-order valence-corrected chi connectivity index (χ0v) is 11.3. The molecule has 0 aromatic carbocycles. The lowest BCUT2D eigenvalue weighted by molar-refractivity contribution is 0.223. The van der Waals surface area contributed by atoms with Gasteiger partial charge in [-0.1, -0.05) is 0 Å². The minimum absolute atomic E-state index is 0.0754. The second-order valence-electron chi connectivity index (χ2n) is 4.41. The number of thioether (sulfide) groups is 1. The van der Waals surface area contributed by atoms with Gasteiger partial charge in [0, 0.05) is 30.7 Å². The van der Waals surface area contributed by atoms with Gasteiger partial charge in [0.15, 0.2) is 5.76 Å². The van der Waals surface area contributed by atoms with Crippen molar-refractivity contribution in [2.24, 2.45) is 0 Å². The van der Waals surface area contributed by atoms with Crippen LogP contribution in [0.3, 0.4) is 0 Å². The number of rotatable bonds is 3. The van der Waals surface area contributed by atoms with Gasteiger partial charge in [0.2, 0.25) is 0 Å². The summed E-state index contributed by atoms with van der Waals surface area (Å²) in [4.78, 5) is 14.1. The zero-order chi connectivity index (χ0) is 13.1. The van der Waals surface area contributed by atoms with E-state index in [2.05, 4.69) is 10.00 Å². The molecule has 2 aromatic heterocycles. The quantitative estimate of drug-likeness (QED) is 0.851. The Bertz CT molecular complexity index is 588. The van der Waals surface area contributed by atoms with Crippen LogP contribution in [0.2, 0.25) is 0 Å². The van der Waals surface area contributed by atoms with Gasteiger partial charge in [-0.2, -0.15) is 16.9 Å². The van der Waals surface area contributed by atoms with Crippen molar-refractivity contribution < 1.29 is 4.42 Å². The molecule has 0 N–H and O–H groups in total. The third-order valence-electron chi connectivity index (χ3n) is 3.08. The van der Waals surface area contributed by atoms with Crippen molar-refractivity contribution >= 4 is 11.8 Å². The number of furan rings is 1. The molecule has 1 aliphatic rings. The first kappa shape index (κ1) is 12.5. The lowest BCUT2D eigenvalue weighted by atomic mass is 10.3. The van der Waals surface area contributed by atoms with Crippen LogP contribution < -0.4 is 5.56 Å². The standard InChI is InChI=1S/C13H15N3O2S/c17-13-4-3-11(12-2-1-7-18-12)14-16(13)10-15-5-8-19-9-6-15/h1-4,7H,5-6,8-10H2. The van der Waals surface area contributed by atoms with Crippen LogP contribution in [0.4, 0.5) is 0 Å². The molecule has 100 valence electrons. The Morgan fingerprint density at radius 2 is 2.11 bits per heavy atom. The van der Waals surface area contributed by atoms with Gasteiger partial charge in [-0.3, -0.25) is 9.69 Å². The van der Waals surface area contributed by atoms with Crippen LogP contribution in [0.1, 0.15) is 0 Å². The fraction of sp³-hybridized carbons (Fsp3) is 0.385. The normalized spacial score (nSPS) is 16.6. The topological polar surface area (TPSA) is 51.3 Å². The lowest BCUT2D eigenvalue weighted by Crippen LogP contribution is -2.38. The minimum Gasteiger partial charge on any atom is -0.463 e. The molecule has 0 atom stereocenters. The molecule has 0 aliphatic carbocycles. The van der Waals surface area contributed by atoms with Crippen molar-refractivity contribution in [3.63, 3.8) is 0 Å². The second-order valence-corrected chi connectivity index (χ2v) is 5.63. The predicted octanol–water partition coefficient (Wildman–Crippen LogP) is 1.51. The van der Waals surface area contributed by atoms with Gasteiger partial charge < -0.3 is 4.42 Å². The van der Waals surface area contributed by atoms with Crippen molar-refractivity contribution in [1.82, 2.24) is 14.7 Å². The summed E-state index contributed by atoms with van der Waals surface area (Å²) in [7, 11) is 0. The van der Waals surface area contributed by atoms with Crippen LogP contribution in [0.5, 0.6) is 0 Å². The first-order valence-corrected chi connectivity index (χ1v) is 7.40. The first-order valence-electron chi connectivity index (χ1n) is 6.25. The molecular formula is C13H15N3O2S. The van der Waals surface area contributed by atoms with E-state index in [4.69, 9.17) is 4.42 Å². The summed E-state index contributed by atoms with van der Waals surface area (Å²) in [5.41, 5.74) is 0.615. The summed E-state index contributed by atoms with van der Waals surface area (Å²) in [6.45, 7) is 2.56. The van der Waals surface area contributed by atoms with Gasteiger partial charge in [0.1, 0.15) is 5.69 Å². The number of hydrogen-bond donors (Lipinski definition) is 0. The molecule has 19 heavy (non-hydrogen) atoms. The fourth-order valence-electron chi connectivity index (χ4n) is 2.04. The molecule has 3 rings (SSSR count). The highest BCUT2D eigenvalue weighted by Crippen LogP contribution is 2.15. The van der Waals surface area contributed by atoms with Crippen LogP contribution in [-0.4, -0.2) is 39.3 Å². The van der Waals surface area contributed by atoms with E-state index in [1.807, 2.05) is 23.9 Å². The number of hydrogen-bond acceptors (Lipinski definition) is 5. The molecule has 0 radical (unpaired) electrons. The van der Waals surface area contributed by atoms with Gasteiger partial charge >= 0.3 is 0 Å². The molecule has 2 aromatic rings. The molecule has 0 bridgehead atoms. The summed E-state index contributed by atoms with van der Waals surface area (Å²) < 4.78 is 6.82. The highest BCUT2D eigenvalue weighted by molar-refractivity contribution is 7.99. The lowest BCUT2D eigenvalue weighted by Gasteiger charge is -2.26. The number of nitrogens with zero attached hydrogens (tertiary/aromatic N) is 3. The smallest absolute Gasteiger partial charge is 0.268 e. The van der Waals surface area contributed by atoms with Crippen LogP contribution in [0.25, 0.3) is 11.5 Å². The van der Waals surface area contributed by atoms with E-state index in [1.54, 1.807) is 18.4 Å². The molecule has 0 unspecified atom stereocenters. The predicted molar refractivity (Wildman–Crippen MR) is 75.1 cm³/mol. The maximum Gasteiger partial charge on any atom is 0.268 e. The largest absolute Gasteiger partial charge is 0.463 e. The summed E-state index contributed by atoms with van der Waals surface area (Å²) in [6.07, 6.45) is 1.61. The third kappa shape index (κ3) is 2.90. The SMILES string of the molecule is O=c1ccc(-c2ccco2)nn1CN1CCSCC1. The van der Waals surface area contributed by atoms with Crippen molar-refractivity contribution in [1.29, 1.82) is 0 Å². The molecule has 6 heteroatoms. The van der Waals surface area contributed by atoms with E-state index in [9.17, 15) is 4.79 Å². The van der Waals surface area contributed by atoms with Gasteiger partial charge in [-0.15, -0.1) is 0 Å². The molecular weight excluding hydrogens is 262 g/mol. The zero-order valence-electron chi connectivity index (χ0n) is 10.5. The summed E-state index contributed by atoms with van der Waals surface area (Å²) >= 11 is 1.95. The highest BCUT2D eigenvalue weighted by atomic mass is 32.2. The Morgan fingerprint density at radius 3 is 2.84 bits per heavy atom. The second kappa shape index (κ2) is 5.63. The van der Waals surface area contributed by atoms with Crippen molar-refractivity contribution in [2.75, 3.05) is 24.6 Å². The number of aromatic nitrogens is 2. The Hall–Kier alpha value is -1.53. The molecule has 0 saturated carbocycles. The molecule has 1 saturated heterocycles. The first-order chi connectivity index (χ1) is 9.33. The molecule has 0 spiro atoms. The molecule has 0 amide bonds. The molecule has 1 fully saturated rings. The highest BCUT2D eigenvalue weighted by Gasteiger charge is 2.12. The van der Waals surface area contributed by atoms with Crippen molar-refractivity contribution in [2.45, 2.75) is 6.67 Å². The van der Waals surface area contributed by atoms with Crippen molar-refractivity contribution in [3.05, 3.63) is 40.9 Å².